The molecule has 0 aliphatic heterocycles. The number of anilines is 1. The Labute approximate surface area is 101 Å². The summed E-state index contributed by atoms with van der Waals surface area (Å²) in [6.45, 7) is 3.58. The van der Waals surface area contributed by atoms with E-state index < -0.39 is 13.2 Å². The molecule has 1 rings (SSSR count). The highest BCUT2D eigenvalue weighted by atomic mass is 31.2. The number of nitrogens with one attached hydrogen (secondary N) is 2. The zero-order valence-corrected chi connectivity index (χ0v) is 11.0. The van der Waals surface area contributed by atoms with Crippen LogP contribution in [-0.4, -0.2) is 18.8 Å². The van der Waals surface area contributed by atoms with Gasteiger partial charge in [0.25, 0.3) is 0 Å². The first-order valence-corrected chi connectivity index (χ1v) is 6.90. The number of benzene rings is 1. The van der Waals surface area contributed by atoms with Crippen molar-refractivity contribution in [2.24, 2.45) is 0 Å². The lowest BCUT2D eigenvalue weighted by Gasteiger charge is -2.19. The van der Waals surface area contributed by atoms with Crippen LogP contribution in [0.15, 0.2) is 30.3 Å². The van der Waals surface area contributed by atoms with E-state index in [1.807, 2.05) is 6.07 Å². The summed E-state index contributed by atoms with van der Waals surface area (Å²) in [5.74, 6) is 0. The molecule has 0 fully saturated rings. The minimum atomic E-state index is -3.57. The number of hydrogen-bond donors (Lipinski definition) is 2. The third-order valence-corrected chi connectivity index (χ3v) is 3.72. The Hall–Kier alpha value is -1.32. The fraction of sp³-hybridized carbons (Fsp3) is 0.364. The highest BCUT2D eigenvalue weighted by Crippen LogP contribution is 2.46. The molecule has 17 heavy (non-hydrogen) atoms. The van der Waals surface area contributed by atoms with Crippen molar-refractivity contribution in [1.82, 2.24) is 5.32 Å². The van der Waals surface area contributed by atoms with Crippen LogP contribution < -0.4 is 10.4 Å². The Bertz CT molecular complexity index is 420. The predicted molar refractivity (Wildman–Crippen MR) is 68.3 cm³/mol. The number of hydrogen-bond acceptors (Lipinski definition) is 3. The van der Waals surface area contributed by atoms with E-state index in [9.17, 15) is 9.36 Å². The van der Waals surface area contributed by atoms with Crippen molar-refractivity contribution in [3.63, 3.8) is 0 Å². The maximum absolute atomic E-state index is 12.2. The van der Waals surface area contributed by atoms with Gasteiger partial charge >= 0.3 is 13.2 Å². The van der Waals surface area contributed by atoms with Crippen molar-refractivity contribution in [1.29, 1.82) is 0 Å². The van der Waals surface area contributed by atoms with Crippen molar-refractivity contribution < 1.29 is 13.9 Å². The summed E-state index contributed by atoms with van der Waals surface area (Å²) in [4.78, 5) is 11.7. The van der Waals surface area contributed by atoms with E-state index in [2.05, 4.69) is 10.4 Å². The molecule has 1 aromatic carbocycles. The summed E-state index contributed by atoms with van der Waals surface area (Å²) in [6.07, 6.45) is 0. The minimum absolute atomic E-state index is 0.0939. The van der Waals surface area contributed by atoms with Crippen molar-refractivity contribution in [2.45, 2.75) is 19.9 Å². The summed E-state index contributed by atoms with van der Waals surface area (Å²) < 4.78 is 17.1. The van der Waals surface area contributed by atoms with Crippen molar-refractivity contribution >= 4 is 18.9 Å². The summed E-state index contributed by atoms with van der Waals surface area (Å²) in [6, 6.07) is 8.73. The van der Waals surface area contributed by atoms with Gasteiger partial charge in [-0.15, -0.1) is 0 Å². The zero-order valence-electron chi connectivity index (χ0n) is 10.1. The standard InChI is InChI=1S/C11H17N2O3P/c1-9(2)12-11(14)17(15,16-3)13-10-7-5-4-6-8-10/h4-9H,1-3H3,(H,12,14)(H,13,15)/t17-/m0/s1. The first kappa shape index (κ1) is 13.7. The molecule has 1 aromatic rings. The van der Waals surface area contributed by atoms with Gasteiger partial charge in [-0.1, -0.05) is 18.2 Å². The monoisotopic (exact) mass is 256 g/mol. The van der Waals surface area contributed by atoms with Gasteiger partial charge in [0.05, 0.1) is 0 Å². The van der Waals surface area contributed by atoms with E-state index in [0.717, 1.165) is 0 Å². The molecule has 0 heterocycles. The van der Waals surface area contributed by atoms with Crippen LogP contribution in [0, 0.1) is 0 Å². The molecular weight excluding hydrogens is 239 g/mol. The highest BCUT2D eigenvalue weighted by molar-refractivity contribution is 7.77. The zero-order chi connectivity index (χ0) is 12.9. The summed E-state index contributed by atoms with van der Waals surface area (Å²) in [5, 5.41) is 5.20. The lowest BCUT2D eigenvalue weighted by atomic mass is 10.3. The van der Waals surface area contributed by atoms with Crippen LogP contribution in [0.5, 0.6) is 0 Å². The second-order valence-corrected chi connectivity index (χ2v) is 5.91. The SMILES string of the molecule is CO[P@](=O)(Nc1ccccc1)C(=O)NC(C)C. The van der Waals surface area contributed by atoms with Crippen LogP contribution in [0.2, 0.25) is 0 Å². The van der Waals surface area contributed by atoms with Crippen molar-refractivity contribution in [2.75, 3.05) is 12.2 Å². The summed E-state index contributed by atoms with van der Waals surface area (Å²) in [7, 11) is -2.32. The summed E-state index contributed by atoms with van der Waals surface area (Å²) in [5.41, 5.74) is -0.0459. The average molecular weight is 256 g/mol. The molecule has 0 saturated heterocycles. The molecule has 94 valence electrons. The maximum atomic E-state index is 12.2. The van der Waals surface area contributed by atoms with Gasteiger partial charge in [-0.3, -0.25) is 9.36 Å². The van der Waals surface area contributed by atoms with E-state index in [1.165, 1.54) is 7.11 Å². The maximum Gasteiger partial charge on any atom is 0.380 e. The molecule has 0 aromatic heterocycles. The minimum Gasteiger partial charge on any atom is -0.344 e. The second-order valence-electron chi connectivity index (χ2n) is 3.82. The quantitative estimate of drug-likeness (QED) is 0.794. The largest absolute Gasteiger partial charge is 0.380 e. The number of carbonyl (C=O) groups excluding carboxylic acids is 1. The van der Waals surface area contributed by atoms with Crippen LogP contribution >= 0.6 is 7.52 Å². The number of carbonyl (C=O) groups is 1. The first-order chi connectivity index (χ1) is 7.98. The summed E-state index contributed by atoms with van der Waals surface area (Å²) >= 11 is 0. The molecular formula is C11H17N2O3P. The number of amides is 1. The number of rotatable bonds is 5. The fourth-order valence-corrected chi connectivity index (χ4v) is 2.47. The van der Waals surface area contributed by atoms with Gasteiger partial charge in [0.15, 0.2) is 0 Å². The van der Waals surface area contributed by atoms with Crippen LogP contribution in [0.1, 0.15) is 13.8 Å². The average Bonchev–Trinajstić information content (AvgIpc) is 2.29. The van der Waals surface area contributed by atoms with Crippen molar-refractivity contribution in [3.05, 3.63) is 30.3 Å². The molecule has 0 aliphatic rings. The Kier molecular flexibility index (Phi) is 4.73. The van der Waals surface area contributed by atoms with Crippen LogP contribution in [0.25, 0.3) is 0 Å². The normalized spacial score (nSPS) is 14.1. The number of para-hydroxylation sites is 1. The third-order valence-electron chi connectivity index (χ3n) is 1.99. The van der Waals surface area contributed by atoms with E-state index in [4.69, 9.17) is 4.52 Å². The predicted octanol–water partition coefficient (Wildman–Crippen LogP) is 3.06. The molecule has 2 N–H and O–H groups in total. The Morgan fingerprint density at radius 3 is 2.35 bits per heavy atom. The Balaban J connectivity index is 2.83. The molecule has 0 aliphatic carbocycles. The van der Waals surface area contributed by atoms with E-state index in [-0.39, 0.29) is 6.04 Å². The molecule has 0 spiro atoms. The van der Waals surface area contributed by atoms with Gasteiger partial charge < -0.3 is 14.9 Å². The molecule has 0 radical (unpaired) electrons. The van der Waals surface area contributed by atoms with E-state index in [1.54, 1.807) is 38.1 Å². The topological polar surface area (TPSA) is 67.4 Å². The molecule has 1 atom stereocenters. The lowest BCUT2D eigenvalue weighted by Crippen LogP contribution is -2.30. The molecule has 6 heteroatoms. The fourth-order valence-electron chi connectivity index (χ4n) is 1.19. The van der Waals surface area contributed by atoms with Gasteiger partial charge in [0, 0.05) is 18.8 Å². The van der Waals surface area contributed by atoms with E-state index in [0.29, 0.717) is 5.69 Å². The van der Waals surface area contributed by atoms with Gasteiger partial charge in [-0.25, -0.2) is 0 Å². The second kappa shape index (κ2) is 5.84. The van der Waals surface area contributed by atoms with Crippen LogP contribution in [0.4, 0.5) is 10.5 Å². The van der Waals surface area contributed by atoms with Gasteiger partial charge in [-0.2, -0.15) is 0 Å². The molecule has 0 saturated carbocycles. The Morgan fingerprint density at radius 2 is 1.88 bits per heavy atom. The lowest BCUT2D eigenvalue weighted by molar-refractivity contribution is 0.251. The van der Waals surface area contributed by atoms with Gasteiger partial charge in [0.2, 0.25) is 0 Å². The van der Waals surface area contributed by atoms with Crippen LogP contribution in [-0.2, 0) is 9.09 Å². The smallest absolute Gasteiger partial charge is 0.344 e. The van der Waals surface area contributed by atoms with Gasteiger partial charge in [-0.05, 0) is 26.0 Å². The van der Waals surface area contributed by atoms with Gasteiger partial charge in [0.1, 0.15) is 0 Å². The molecule has 0 bridgehead atoms. The Morgan fingerprint density at radius 1 is 1.29 bits per heavy atom. The highest BCUT2D eigenvalue weighted by Gasteiger charge is 2.32. The van der Waals surface area contributed by atoms with E-state index >= 15 is 0 Å². The molecule has 1 amide bonds. The van der Waals surface area contributed by atoms with Crippen molar-refractivity contribution in [3.8, 4) is 0 Å². The van der Waals surface area contributed by atoms with Crippen LogP contribution in [0.3, 0.4) is 0 Å². The molecule has 5 nitrogen and oxygen atoms in total. The third kappa shape index (κ3) is 3.88. The molecule has 0 unspecified atom stereocenters. The first-order valence-electron chi connectivity index (χ1n) is 5.28.